The number of anilines is 1. The molecule has 234 valence electrons. The quantitative estimate of drug-likeness (QED) is 0.214. The van der Waals surface area contributed by atoms with Crippen LogP contribution in [-0.2, 0) is 26.1 Å². The van der Waals surface area contributed by atoms with E-state index in [1.807, 2.05) is 0 Å². The van der Waals surface area contributed by atoms with Gasteiger partial charge in [0.05, 0.1) is 6.54 Å². The summed E-state index contributed by atoms with van der Waals surface area (Å²) in [5.41, 5.74) is 0.691. The zero-order valence-corrected chi connectivity index (χ0v) is 23.5. The molecule has 1 amide bonds. The molecule has 5 rings (SSSR count). The molecule has 2 aliphatic heterocycles. The highest BCUT2D eigenvalue weighted by Gasteiger charge is 2.48. The van der Waals surface area contributed by atoms with Crippen molar-refractivity contribution < 1.29 is 54.9 Å². The predicted molar refractivity (Wildman–Crippen MR) is 142 cm³/mol. The van der Waals surface area contributed by atoms with Crippen molar-refractivity contribution in [3.05, 3.63) is 82.4 Å². The lowest BCUT2D eigenvalue weighted by Gasteiger charge is -2.41. The van der Waals surface area contributed by atoms with E-state index in [2.05, 4.69) is 4.98 Å². The molecular formula is C28H24F5N3O7S. The first-order valence-electron chi connectivity index (χ1n) is 13.3. The number of carboxylic acids is 1. The maximum absolute atomic E-state index is 14.5. The molecule has 2 fully saturated rings. The fourth-order valence-electron chi connectivity index (χ4n) is 5.12. The van der Waals surface area contributed by atoms with Gasteiger partial charge in [-0.2, -0.15) is 4.31 Å². The molecule has 16 heteroatoms. The number of aromatic nitrogens is 1. The van der Waals surface area contributed by atoms with Gasteiger partial charge < -0.3 is 19.8 Å². The molecule has 3 heterocycles. The van der Waals surface area contributed by atoms with Gasteiger partial charge in [0.15, 0.2) is 28.2 Å². The van der Waals surface area contributed by atoms with Gasteiger partial charge in [-0.3, -0.25) is 9.78 Å². The molecule has 10 nitrogen and oxygen atoms in total. The average Bonchev–Trinajstić information content (AvgIpc) is 2.97. The van der Waals surface area contributed by atoms with Gasteiger partial charge in [0.1, 0.15) is 17.4 Å². The van der Waals surface area contributed by atoms with Crippen molar-refractivity contribution in [2.75, 3.05) is 24.7 Å². The predicted octanol–water partition coefficient (Wildman–Crippen LogP) is 4.07. The molecule has 0 aliphatic carbocycles. The number of carboxylic acid groups (broad SMARTS) is 1. The third kappa shape index (κ3) is 5.59. The van der Waals surface area contributed by atoms with Crippen molar-refractivity contribution in [2.45, 2.75) is 42.7 Å². The van der Waals surface area contributed by atoms with Crippen LogP contribution >= 0.6 is 0 Å². The maximum Gasteiger partial charge on any atom is 0.339 e. The Bertz CT molecular complexity index is 1710. The lowest BCUT2D eigenvalue weighted by atomic mass is 9.95. The number of pyridine rings is 1. The Labute approximate surface area is 247 Å². The van der Waals surface area contributed by atoms with Crippen LogP contribution in [0.15, 0.2) is 41.4 Å². The molecular weight excluding hydrogens is 617 g/mol. The second-order valence-corrected chi connectivity index (χ2v) is 12.1. The van der Waals surface area contributed by atoms with Gasteiger partial charge in [-0.1, -0.05) is 6.07 Å². The summed E-state index contributed by atoms with van der Waals surface area (Å²) in [7, 11) is -5.41. The number of benzene rings is 2. The standard InChI is InChI=1S/C28H24F5N3O7S/c29-21-22(30)24(32)26(25(33)23(21)31)44(41,42)36-8-5-19(36)27(38)35(16-2-3-17(28(39)40)20(37)11-16)13-14-1-4-18(34-12-14)15-6-9-43-10-7-15/h1-4,11-12,15,19,37H,5-10,13H2,(H,39,40)/t19-/m1/s1. The fraction of sp³-hybridized carbons (Fsp3) is 0.321. The van der Waals surface area contributed by atoms with Gasteiger partial charge in [-0.15, -0.1) is 0 Å². The van der Waals surface area contributed by atoms with Gasteiger partial charge in [0, 0.05) is 49.3 Å². The lowest BCUT2D eigenvalue weighted by Crippen LogP contribution is -2.59. The lowest BCUT2D eigenvalue weighted by molar-refractivity contribution is -0.125. The highest BCUT2D eigenvalue weighted by molar-refractivity contribution is 7.89. The molecule has 1 aromatic heterocycles. The first-order valence-corrected chi connectivity index (χ1v) is 14.7. The Kier molecular flexibility index (Phi) is 8.59. The molecule has 0 bridgehead atoms. The summed E-state index contributed by atoms with van der Waals surface area (Å²) >= 11 is 0. The number of carbonyl (C=O) groups excluding carboxylic acids is 1. The minimum Gasteiger partial charge on any atom is -0.507 e. The topological polar surface area (TPSA) is 137 Å². The highest BCUT2D eigenvalue weighted by atomic mass is 32.2. The summed E-state index contributed by atoms with van der Waals surface area (Å²) in [6.07, 6.45) is 2.84. The molecule has 2 N–H and O–H groups in total. The van der Waals surface area contributed by atoms with E-state index in [1.165, 1.54) is 12.3 Å². The molecule has 44 heavy (non-hydrogen) atoms. The van der Waals surface area contributed by atoms with Crippen LogP contribution in [0.3, 0.4) is 0 Å². The van der Waals surface area contributed by atoms with Crippen LogP contribution in [0.25, 0.3) is 0 Å². The van der Waals surface area contributed by atoms with E-state index >= 15 is 0 Å². The Morgan fingerprint density at radius 3 is 2.11 bits per heavy atom. The molecule has 2 aromatic carbocycles. The average molecular weight is 642 g/mol. The number of carbonyl (C=O) groups is 2. The van der Waals surface area contributed by atoms with Crippen molar-refractivity contribution in [3.63, 3.8) is 0 Å². The van der Waals surface area contributed by atoms with Gasteiger partial charge in [-0.05, 0) is 43.0 Å². The number of halogens is 5. The second-order valence-electron chi connectivity index (χ2n) is 10.2. The van der Waals surface area contributed by atoms with Crippen LogP contribution in [-0.4, -0.2) is 65.6 Å². The Balaban J connectivity index is 1.49. The number of nitrogens with zero attached hydrogens (tertiary/aromatic N) is 3. The number of amides is 1. The summed E-state index contributed by atoms with van der Waals surface area (Å²) < 4.78 is 102. The van der Waals surface area contributed by atoms with Gasteiger partial charge in [0.2, 0.25) is 21.7 Å². The normalized spacial score (nSPS) is 17.7. The van der Waals surface area contributed by atoms with Crippen molar-refractivity contribution in [1.29, 1.82) is 0 Å². The Morgan fingerprint density at radius 2 is 1.59 bits per heavy atom. The molecule has 2 saturated heterocycles. The maximum atomic E-state index is 14.5. The van der Waals surface area contributed by atoms with E-state index < -0.39 is 79.8 Å². The smallest absolute Gasteiger partial charge is 0.339 e. The zero-order chi connectivity index (χ0) is 31.9. The molecule has 2 aliphatic rings. The summed E-state index contributed by atoms with van der Waals surface area (Å²) in [6.45, 7) is 0.422. The van der Waals surface area contributed by atoms with Crippen molar-refractivity contribution in [1.82, 2.24) is 9.29 Å². The first-order chi connectivity index (χ1) is 20.8. The SMILES string of the molecule is O=C(O)c1ccc(N(Cc2ccc(C3CCOCC3)nc2)C(=O)[C@H]2CCN2S(=O)(=O)c2c(F)c(F)c(F)c(F)c2F)cc1O. The minimum absolute atomic E-state index is 0.0634. The number of hydrogen-bond donors (Lipinski definition) is 2. The summed E-state index contributed by atoms with van der Waals surface area (Å²) in [5, 5.41) is 19.6. The molecule has 3 aromatic rings. The molecule has 0 radical (unpaired) electrons. The van der Waals surface area contributed by atoms with Crippen LogP contribution in [0, 0.1) is 29.1 Å². The van der Waals surface area contributed by atoms with E-state index in [0.717, 1.165) is 35.6 Å². The first kappa shape index (κ1) is 31.3. The van der Waals surface area contributed by atoms with Crippen LogP contribution in [0.1, 0.15) is 46.8 Å². The monoisotopic (exact) mass is 641 g/mol. The second kappa shape index (κ2) is 12.1. The Hall–Kier alpha value is -4.15. The molecule has 0 unspecified atom stereocenters. The van der Waals surface area contributed by atoms with E-state index in [0.29, 0.717) is 23.1 Å². The van der Waals surface area contributed by atoms with E-state index in [9.17, 15) is 50.2 Å². The van der Waals surface area contributed by atoms with E-state index in [1.54, 1.807) is 12.1 Å². The zero-order valence-electron chi connectivity index (χ0n) is 22.6. The summed E-state index contributed by atoms with van der Waals surface area (Å²) in [4.78, 5) is 28.6. The highest BCUT2D eigenvalue weighted by Crippen LogP contribution is 2.36. The fourth-order valence-corrected chi connectivity index (χ4v) is 6.86. The van der Waals surface area contributed by atoms with Crippen molar-refractivity contribution >= 4 is 27.6 Å². The number of sulfonamides is 1. The van der Waals surface area contributed by atoms with Crippen LogP contribution in [0.4, 0.5) is 27.6 Å². The van der Waals surface area contributed by atoms with Gasteiger partial charge in [0.25, 0.3) is 0 Å². The van der Waals surface area contributed by atoms with Crippen LogP contribution < -0.4 is 4.90 Å². The van der Waals surface area contributed by atoms with Crippen molar-refractivity contribution in [2.24, 2.45) is 0 Å². The van der Waals surface area contributed by atoms with Crippen molar-refractivity contribution in [3.8, 4) is 5.75 Å². The number of ether oxygens (including phenoxy) is 1. The number of rotatable bonds is 8. The van der Waals surface area contributed by atoms with E-state index in [4.69, 9.17) is 4.74 Å². The molecule has 0 saturated carbocycles. The van der Waals surface area contributed by atoms with Gasteiger partial charge >= 0.3 is 5.97 Å². The summed E-state index contributed by atoms with van der Waals surface area (Å²) in [5.74, 6) is -15.6. The minimum atomic E-state index is -5.41. The number of aromatic carboxylic acids is 1. The largest absolute Gasteiger partial charge is 0.507 e. The van der Waals surface area contributed by atoms with Crippen LogP contribution in [0.2, 0.25) is 0 Å². The third-order valence-electron chi connectivity index (χ3n) is 7.61. The Morgan fingerprint density at radius 1 is 0.955 bits per heavy atom. The van der Waals surface area contributed by atoms with Crippen LogP contribution in [0.5, 0.6) is 5.75 Å². The molecule has 0 spiro atoms. The molecule has 1 atom stereocenters. The van der Waals surface area contributed by atoms with E-state index in [-0.39, 0.29) is 24.6 Å². The number of hydrogen-bond acceptors (Lipinski definition) is 7. The summed E-state index contributed by atoms with van der Waals surface area (Å²) in [6, 6.07) is 4.96. The number of phenols is 1. The van der Waals surface area contributed by atoms with Gasteiger partial charge in [-0.25, -0.2) is 35.2 Å². The number of aromatic hydroxyl groups is 1. The third-order valence-corrected chi connectivity index (χ3v) is 9.54.